The van der Waals surface area contributed by atoms with Gasteiger partial charge in [-0.2, -0.15) is 8.78 Å². The molecule has 0 radical (unpaired) electrons. The average molecular weight is 577 g/mol. The first-order chi connectivity index (χ1) is 18.5. The highest BCUT2D eigenvalue weighted by Gasteiger charge is 2.48. The summed E-state index contributed by atoms with van der Waals surface area (Å²) in [6.07, 6.45) is 0.604. The maximum atomic E-state index is 13.7. The van der Waals surface area contributed by atoms with Crippen LogP contribution in [0.15, 0.2) is 88.7 Å². The van der Waals surface area contributed by atoms with Crippen LogP contribution < -0.4 is 4.31 Å². The molecule has 0 atom stereocenters. The predicted octanol–water partition coefficient (Wildman–Crippen LogP) is 4.56. The van der Waals surface area contributed by atoms with Crippen LogP contribution in [0, 0.1) is 0 Å². The zero-order chi connectivity index (χ0) is 27.8. The fourth-order valence-electron chi connectivity index (χ4n) is 5.19. The zero-order valence-electron chi connectivity index (χ0n) is 20.7. The Balaban J connectivity index is 1.34. The van der Waals surface area contributed by atoms with Gasteiger partial charge in [-0.05, 0) is 54.3 Å². The number of hydrogen-bond donors (Lipinski definition) is 0. The van der Waals surface area contributed by atoms with E-state index in [1.165, 1.54) is 4.31 Å². The molecule has 8 nitrogen and oxygen atoms in total. The number of halogens is 2. The van der Waals surface area contributed by atoms with Crippen molar-refractivity contribution in [2.45, 2.75) is 40.4 Å². The maximum Gasteiger partial charge on any atom is 0.410 e. The van der Waals surface area contributed by atoms with Crippen molar-refractivity contribution < 1.29 is 35.1 Å². The second-order valence-electron chi connectivity index (χ2n) is 9.61. The van der Waals surface area contributed by atoms with Gasteiger partial charge in [-0.3, -0.25) is 4.31 Å². The summed E-state index contributed by atoms with van der Waals surface area (Å²) in [7, 11) is -8.98. The molecule has 5 rings (SSSR count). The first kappa shape index (κ1) is 27.1. The van der Waals surface area contributed by atoms with E-state index in [1.54, 1.807) is 17.0 Å². The van der Waals surface area contributed by atoms with Gasteiger partial charge < -0.3 is 9.64 Å². The monoisotopic (exact) mass is 576 g/mol. The van der Waals surface area contributed by atoms with Crippen LogP contribution in [0.25, 0.3) is 0 Å². The molecule has 0 unspecified atom stereocenters. The van der Waals surface area contributed by atoms with Crippen molar-refractivity contribution in [3.8, 4) is 0 Å². The molecule has 0 aliphatic carbocycles. The van der Waals surface area contributed by atoms with E-state index >= 15 is 0 Å². The number of fused-ring (bicyclic) bond motifs is 2. The number of ether oxygens (including phenoxy) is 1. The van der Waals surface area contributed by atoms with Crippen molar-refractivity contribution in [3.05, 3.63) is 90.0 Å². The minimum absolute atomic E-state index is 0.138. The SMILES string of the molecule is O=C(OCc1ccccc1)N1CCC2(CC1)CN(S(=O)(=O)c1ccc(S(=O)(=O)C(F)F)cc1)c1ccccc12. The highest BCUT2D eigenvalue weighted by molar-refractivity contribution is 7.93. The minimum atomic E-state index is -4.85. The van der Waals surface area contributed by atoms with Crippen LogP contribution in [0.3, 0.4) is 0 Å². The number of sulfonamides is 1. The van der Waals surface area contributed by atoms with Gasteiger partial charge in [0.05, 0.1) is 15.5 Å². The Morgan fingerprint density at radius 1 is 0.846 bits per heavy atom. The van der Waals surface area contributed by atoms with E-state index in [-0.39, 0.29) is 18.0 Å². The summed E-state index contributed by atoms with van der Waals surface area (Å²) >= 11 is 0. The molecular weight excluding hydrogens is 550 g/mol. The third-order valence-corrected chi connectivity index (χ3v) is 10.5. The number of amides is 1. The number of carbonyl (C=O) groups excluding carboxylic acids is 1. The summed E-state index contributed by atoms with van der Waals surface area (Å²) in [6, 6.07) is 20.3. The predicted molar refractivity (Wildman–Crippen MR) is 140 cm³/mol. The van der Waals surface area contributed by atoms with Crippen LogP contribution in [-0.2, 0) is 36.6 Å². The van der Waals surface area contributed by atoms with E-state index in [0.717, 1.165) is 35.4 Å². The van der Waals surface area contributed by atoms with Gasteiger partial charge >= 0.3 is 11.9 Å². The lowest BCUT2D eigenvalue weighted by atomic mass is 9.74. The topological polar surface area (TPSA) is 101 Å². The van der Waals surface area contributed by atoms with Crippen LogP contribution in [0.1, 0.15) is 24.0 Å². The molecule has 39 heavy (non-hydrogen) atoms. The Bertz CT molecular complexity index is 1570. The lowest BCUT2D eigenvalue weighted by molar-refractivity contribution is 0.0791. The molecule has 0 N–H and O–H groups in total. The molecule has 12 heteroatoms. The number of benzene rings is 3. The van der Waals surface area contributed by atoms with Crippen molar-refractivity contribution in [1.29, 1.82) is 0 Å². The van der Waals surface area contributed by atoms with Gasteiger partial charge in [0, 0.05) is 25.0 Å². The number of para-hydroxylation sites is 1. The lowest BCUT2D eigenvalue weighted by Crippen LogP contribution is -2.47. The van der Waals surface area contributed by atoms with Crippen molar-refractivity contribution in [1.82, 2.24) is 4.90 Å². The smallest absolute Gasteiger partial charge is 0.410 e. The second-order valence-corrected chi connectivity index (χ2v) is 13.4. The number of sulfone groups is 1. The number of carbonyl (C=O) groups is 1. The average Bonchev–Trinajstić information content (AvgIpc) is 3.27. The maximum absolute atomic E-state index is 13.7. The van der Waals surface area contributed by atoms with Gasteiger partial charge in [-0.25, -0.2) is 21.6 Å². The number of anilines is 1. The molecule has 1 saturated heterocycles. The molecule has 1 amide bonds. The van der Waals surface area contributed by atoms with Crippen molar-refractivity contribution >= 4 is 31.6 Å². The molecular formula is C27H26F2N2O6S2. The Kier molecular flexibility index (Phi) is 7.10. The largest absolute Gasteiger partial charge is 0.445 e. The molecule has 0 bridgehead atoms. The fraction of sp³-hybridized carbons (Fsp3) is 0.296. The number of rotatable bonds is 6. The molecule has 206 valence electrons. The van der Waals surface area contributed by atoms with Gasteiger partial charge in [0.1, 0.15) is 6.61 Å². The standard InChI is InChI=1S/C27H26F2N2O6S2/c28-25(29)38(33,34)21-10-12-22(13-11-21)39(35,36)31-19-27(23-8-4-5-9-24(23)31)14-16-30(17-15-27)26(32)37-18-20-6-2-1-3-7-20/h1-13,25H,14-19H2. The number of alkyl halides is 2. The number of hydrogen-bond acceptors (Lipinski definition) is 6. The number of nitrogens with zero attached hydrogens (tertiary/aromatic N) is 2. The highest BCUT2D eigenvalue weighted by atomic mass is 32.2. The van der Waals surface area contributed by atoms with Crippen molar-refractivity contribution in [3.63, 3.8) is 0 Å². The Morgan fingerprint density at radius 3 is 2.08 bits per heavy atom. The van der Waals surface area contributed by atoms with E-state index < -0.39 is 42.0 Å². The van der Waals surface area contributed by atoms with Gasteiger partial charge in [0.25, 0.3) is 10.0 Å². The van der Waals surface area contributed by atoms with E-state index in [0.29, 0.717) is 31.6 Å². The van der Waals surface area contributed by atoms with Crippen LogP contribution in [-0.4, -0.2) is 53.2 Å². The summed E-state index contributed by atoms with van der Waals surface area (Å²) < 4.78 is 83.4. The normalized spacial score (nSPS) is 16.9. The molecule has 0 saturated carbocycles. The summed E-state index contributed by atoms with van der Waals surface area (Å²) in [4.78, 5) is 13.4. The van der Waals surface area contributed by atoms with Gasteiger partial charge in [-0.15, -0.1) is 0 Å². The number of likely N-dealkylation sites (tertiary alicyclic amines) is 1. The summed E-state index contributed by atoms with van der Waals surface area (Å²) in [5.74, 6) is -3.60. The van der Waals surface area contributed by atoms with Crippen LogP contribution in [0.5, 0.6) is 0 Å². The molecule has 2 heterocycles. The van der Waals surface area contributed by atoms with E-state index in [4.69, 9.17) is 4.74 Å². The molecule has 3 aromatic rings. The minimum Gasteiger partial charge on any atom is -0.445 e. The second kappa shape index (κ2) is 10.2. The summed E-state index contributed by atoms with van der Waals surface area (Å²) in [5.41, 5.74) is 1.70. The van der Waals surface area contributed by atoms with Gasteiger partial charge in [0.2, 0.25) is 9.84 Å². The van der Waals surface area contributed by atoms with Crippen molar-refractivity contribution in [2.24, 2.45) is 0 Å². The van der Waals surface area contributed by atoms with Gasteiger partial charge in [0.15, 0.2) is 0 Å². The van der Waals surface area contributed by atoms with Gasteiger partial charge in [-0.1, -0.05) is 48.5 Å². The quantitative estimate of drug-likeness (QED) is 0.427. The molecule has 1 spiro atoms. The van der Waals surface area contributed by atoms with Crippen LogP contribution in [0.4, 0.5) is 19.3 Å². The third-order valence-electron chi connectivity index (χ3n) is 7.35. The molecule has 1 fully saturated rings. The molecule has 2 aliphatic heterocycles. The first-order valence-electron chi connectivity index (χ1n) is 12.2. The van der Waals surface area contributed by atoms with Crippen molar-refractivity contribution in [2.75, 3.05) is 23.9 Å². The van der Waals surface area contributed by atoms with Crippen LogP contribution >= 0.6 is 0 Å². The molecule has 2 aliphatic rings. The van der Waals surface area contributed by atoms with E-state index in [1.807, 2.05) is 42.5 Å². The summed E-state index contributed by atoms with van der Waals surface area (Å²) in [5, 5.41) is 0. The van der Waals surface area contributed by atoms with Crippen LogP contribution in [0.2, 0.25) is 0 Å². The molecule has 0 aromatic heterocycles. The molecule has 3 aromatic carbocycles. The zero-order valence-corrected chi connectivity index (χ0v) is 22.4. The Morgan fingerprint density at radius 2 is 1.44 bits per heavy atom. The van der Waals surface area contributed by atoms with E-state index in [2.05, 4.69) is 0 Å². The summed E-state index contributed by atoms with van der Waals surface area (Å²) in [6.45, 7) is 1.07. The first-order valence-corrected chi connectivity index (χ1v) is 15.2. The van der Waals surface area contributed by atoms with E-state index in [9.17, 15) is 30.4 Å². The Labute approximate surface area is 225 Å². The Hall–Kier alpha value is -3.51. The number of piperidine rings is 1. The third kappa shape index (κ3) is 4.98. The fourth-order valence-corrected chi connectivity index (χ4v) is 7.48. The highest BCUT2D eigenvalue weighted by Crippen LogP contribution is 2.48. The lowest BCUT2D eigenvalue weighted by Gasteiger charge is -2.39.